The third kappa shape index (κ3) is 15.2. The molecule has 160 valence electrons. The molecule has 1 saturated heterocycles. The fraction of sp³-hybridized carbons (Fsp3) is 0.955. The van der Waals surface area contributed by atoms with E-state index in [-0.39, 0.29) is 5.97 Å². The third-order valence-electron chi connectivity index (χ3n) is 5.20. The lowest BCUT2D eigenvalue weighted by Gasteiger charge is -2.16. The van der Waals surface area contributed by atoms with E-state index in [2.05, 4.69) is 24.4 Å². The number of carbonyl (C=O) groups is 1. The Morgan fingerprint density at radius 1 is 0.778 bits per heavy atom. The van der Waals surface area contributed by atoms with Crippen LogP contribution < -0.4 is 0 Å². The minimum atomic E-state index is -1.31. The van der Waals surface area contributed by atoms with Crippen LogP contribution in [-0.2, 0) is 18.7 Å². The van der Waals surface area contributed by atoms with Crippen molar-refractivity contribution < 1.29 is 18.7 Å². The van der Waals surface area contributed by atoms with Crippen molar-refractivity contribution in [3.05, 3.63) is 0 Å². The molecular weight excluding hydrogens is 356 g/mol. The molecule has 0 aromatic carbocycles. The summed E-state index contributed by atoms with van der Waals surface area (Å²) in [5.74, 6) is -0.0831. The lowest BCUT2D eigenvalue weighted by Crippen LogP contribution is -2.25. The van der Waals surface area contributed by atoms with Gasteiger partial charge in [-0.15, -0.1) is 0 Å². The van der Waals surface area contributed by atoms with Gasteiger partial charge in [0.2, 0.25) is 0 Å². The van der Waals surface area contributed by atoms with Crippen LogP contribution in [0.2, 0.25) is 19.6 Å². The lowest BCUT2D eigenvalue weighted by atomic mass is 10.0. The van der Waals surface area contributed by atoms with Crippen LogP contribution in [0.4, 0.5) is 0 Å². The summed E-state index contributed by atoms with van der Waals surface area (Å²) in [5, 5.41) is 0. The van der Waals surface area contributed by atoms with Gasteiger partial charge in [-0.05, 0) is 45.3 Å². The molecular formula is C22H44O4Si. The normalized spacial score (nSPS) is 19.3. The molecule has 0 spiro atoms. The minimum absolute atomic E-state index is 0.0831. The van der Waals surface area contributed by atoms with E-state index in [0.717, 1.165) is 19.4 Å². The van der Waals surface area contributed by atoms with Crippen LogP contribution in [0.1, 0.15) is 89.9 Å². The highest BCUT2D eigenvalue weighted by atomic mass is 28.4. The third-order valence-corrected chi connectivity index (χ3v) is 6.27. The van der Waals surface area contributed by atoms with Crippen molar-refractivity contribution >= 4 is 14.3 Å². The maximum Gasteiger partial charge on any atom is 0.305 e. The number of hydrogen-bond donors (Lipinski definition) is 0. The summed E-state index contributed by atoms with van der Waals surface area (Å²) in [7, 11) is 0.153. The topological polar surface area (TPSA) is 48.1 Å². The molecule has 0 N–H and O–H groups in total. The Morgan fingerprint density at radius 3 is 1.78 bits per heavy atom. The molecule has 1 rings (SSSR count). The molecule has 0 aromatic rings. The Kier molecular flexibility index (Phi) is 13.3. The number of hydrogen-bond acceptors (Lipinski definition) is 4. The molecule has 0 aromatic heterocycles. The summed E-state index contributed by atoms with van der Waals surface area (Å²) in [6.07, 6.45) is 17.9. The molecule has 0 saturated carbocycles. The van der Waals surface area contributed by atoms with Crippen molar-refractivity contribution in [3.63, 3.8) is 0 Å². The van der Waals surface area contributed by atoms with Gasteiger partial charge in [0.15, 0.2) is 8.32 Å². The maximum absolute atomic E-state index is 11.0. The van der Waals surface area contributed by atoms with Crippen molar-refractivity contribution in [2.24, 2.45) is 0 Å². The molecule has 1 aliphatic heterocycles. The summed E-state index contributed by atoms with van der Waals surface area (Å²) in [5.41, 5.74) is 0. The largest absolute Gasteiger partial charge is 0.469 e. The van der Waals surface area contributed by atoms with E-state index >= 15 is 0 Å². The van der Waals surface area contributed by atoms with Gasteiger partial charge in [-0.3, -0.25) is 4.79 Å². The molecule has 0 amide bonds. The van der Waals surface area contributed by atoms with E-state index in [9.17, 15) is 4.79 Å². The average molecular weight is 401 g/mol. The summed E-state index contributed by atoms with van der Waals surface area (Å²) in [6, 6.07) is 0. The Hall–Kier alpha value is -0.393. The highest BCUT2D eigenvalue weighted by Crippen LogP contribution is 2.31. The van der Waals surface area contributed by atoms with Crippen LogP contribution in [0.5, 0.6) is 0 Å². The van der Waals surface area contributed by atoms with Gasteiger partial charge < -0.3 is 13.9 Å². The van der Waals surface area contributed by atoms with Crippen molar-refractivity contribution in [1.82, 2.24) is 0 Å². The van der Waals surface area contributed by atoms with Crippen molar-refractivity contribution in [1.29, 1.82) is 0 Å². The number of rotatable bonds is 18. The molecule has 27 heavy (non-hydrogen) atoms. The van der Waals surface area contributed by atoms with E-state index in [1.54, 1.807) is 0 Å². The van der Waals surface area contributed by atoms with Crippen LogP contribution in [0.25, 0.3) is 0 Å². The van der Waals surface area contributed by atoms with Gasteiger partial charge in [0.1, 0.15) is 0 Å². The zero-order valence-corrected chi connectivity index (χ0v) is 19.4. The van der Waals surface area contributed by atoms with E-state index in [1.165, 1.54) is 77.7 Å². The Balaban J connectivity index is 1.77. The first-order valence-electron chi connectivity index (χ1n) is 11.3. The quantitative estimate of drug-likeness (QED) is 0.118. The number of methoxy groups -OCH3 is 1. The second kappa shape index (κ2) is 14.6. The summed E-state index contributed by atoms with van der Waals surface area (Å²) in [6.45, 7) is 7.73. The molecule has 2 unspecified atom stereocenters. The molecule has 1 fully saturated rings. The number of ether oxygens (including phenoxy) is 2. The van der Waals surface area contributed by atoms with Crippen LogP contribution >= 0.6 is 0 Å². The molecule has 0 bridgehead atoms. The smallest absolute Gasteiger partial charge is 0.305 e. The van der Waals surface area contributed by atoms with E-state index in [1.807, 2.05) is 0 Å². The van der Waals surface area contributed by atoms with E-state index in [4.69, 9.17) is 9.16 Å². The Bertz CT molecular complexity index is 381. The average Bonchev–Trinajstić information content (AvgIpc) is 3.36. The molecule has 1 aliphatic rings. The van der Waals surface area contributed by atoms with E-state index < -0.39 is 8.32 Å². The van der Waals surface area contributed by atoms with E-state index in [0.29, 0.717) is 18.6 Å². The van der Waals surface area contributed by atoms with Gasteiger partial charge in [-0.2, -0.15) is 0 Å². The van der Waals surface area contributed by atoms with Gasteiger partial charge in [0, 0.05) is 13.0 Å². The first-order chi connectivity index (χ1) is 12.9. The van der Waals surface area contributed by atoms with Crippen LogP contribution in [0.15, 0.2) is 0 Å². The predicted octanol–water partition coefficient (Wildman–Crippen LogP) is 6.24. The monoisotopic (exact) mass is 400 g/mol. The number of carbonyl (C=O) groups excluding carboxylic acids is 1. The number of esters is 1. The highest BCUT2D eigenvalue weighted by molar-refractivity contribution is 6.69. The second-order valence-corrected chi connectivity index (χ2v) is 13.5. The molecule has 0 radical (unpaired) electrons. The van der Waals surface area contributed by atoms with Gasteiger partial charge in [-0.1, -0.05) is 57.8 Å². The van der Waals surface area contributed by atoms with Gasteiger partial charge in [0.25, 0.3) is 0 Å². The second-order valence-electron chi connectivity index (χ2n) is 8.97. The molecule has 1 heterocycles. The molecule has 2 atom stereocenters. The van der Waals surface area contributed by atoms with Crippen LogP contribution in [0.3, 0.4) is 0 Å². The van der Waals surface area contributed by atoms with Crippen molar-refractivity contribution in [2.45, 2.75) is 122 Å². The summed E-state index contributed by atoms with van der Waals surface area (Å²) < 4.78 is 16.3. The van der Waals surface area contributed by atoms with Gasteiger partial charge in [-0.25, -0.2) is 0 Å². The first-order valence-corrected chi connectivity index (χ1v) is 14.7. The fourth-order valence-electron chi connectivity index (χ4n) is 3.47. The van der Waals surface area contributed by atoms with Gasteiger partial charge >= 0.3 is 5.97 Å². The van der Waals surface area contributed by atoms with Crippen molar-refractivity contribution in [3.8, 4) is 0 Å². The summed E-state index contributed by atoms with van der Waals surface area (Å²) in [4.78, 5) is 11.0. The Morgan fingerprint density at radius 2 is 1.26 bits per heavy atom. The predicted molar refractivity (Wildman–Crippen MR) is 115 cm³/mol. The van der Waals surface area contributed by atoms with Gasteiger partial charge in [0.05, 0.1) is 19.3 Å². The standard InChI is InChI=1S/C22H44O4Si/c1-24-22(23)18-14-10-7-9-13-17-21-20(26-21)16-12-8-5-6-11-15-19-25-27(2,3)4/h20-21H,5-19H2,1-4H3. The zero-order valence-electron chi connectivity index (χ0n) is 18.4. The fourth-order valence-corrected chi connectivity index (χ4v) is 4.22. The molecule has 4 nitrogen and oxygen atoms in total. The van der Waals surface area contributed by atoms with Crippen LogP contribution in [-0.4, -0.2) is 40.2 Å². The SMILES string of the molecule is COC(=O)CCCCCCCC1OC1CCCCCCCCO[Si](C)(C)C. The maximum atomic E-state index is 11.0. The van der Waals surface area contributed by atoms with Crippen LogP contribution in [0, 0.1) is 0 Å². The van der Waals surface area contributed by atoms with Crippen molar-refractivity contribution in [2.75, 3.05) is 13.7 Å². The lowest BCUT2D eigenvalue weighted by molar-refractivity contribution is -0.140. The number of unbranched alkanes of at least 4 members (excludes halogenated alkanes) is 9. The first kappa shape index (κ1) is 24.6. The molecule has 0 aliphatic carbocycles. The molecule has 5 heteroatoms. The zero-order chi connectivity index (χ0) is 20.0. The number of epoxide rings is 1. The highest BCUT2D eigenvalue weighted by Gasteiger charge is 2.36. The summed E-state index contributed by atoms with van der Waals surface area (Å²) >= 11 is 0. The minimum Gasteiger partial charge on any atom is -0.469 e. The Labute approximate surface area is 168 Å².